The molecule has 1 aromatic heterocycles. The molecule has 0 bridgehead atoms. The Bertz CT molecular complexity index is 862. The molecule has 0 aliphatic rings. The molecule has 0 aliphatic heterocycles. The predicted octanol–water partition coefficient (Wildman–Crippen LogP) is 2.86. The average molecular weight is 325 g/mol. The molecule has 2 aromatic rings. The van der Waals surface area contributed by atoms with Crippen molar-refractivity contribution in [2.75, 3.05) is 6.61 Å². The normalized spacial score (nSPS) is 10.8. The number of aromatic nitrogens is 1. The number of carbonyl (C=O) groups excluding carboxylic acids is 1. The number of carbonyl (C=O) groups is 1. The lowest BCUT2D eigenvalue weighted by molar-refractivity contribution is 0.104. The van der Waals surface area contributed by atoms with Crippen LogP contribution < -0.4 is 10.3 Å². The third-order valence-electron chi connectivity index (χ3n) is 3.55. The van der Waals surface area contributed by atoms with Crippen molar-refractivity contribution in [3.63, 3.8) is 0 Å². The first-order chi connectivity index (χ1) is 11.4. The van der Waals surface area contributed by atoms with E-state index in [4.69, 9.17) is 4.74 Å². The Balaban J connectivity index is 2.27. The van der Waals surface area contributed by atoms with E-state index in [1.165, 1.54) is 16.7 Å². The van der Waals surface area contributed by atoms with Gasteiger partial charge in [0.15, 0.2) is 5.78 Å². The number of aromatic hydroxyl groups is 1. The van der Waals surface area contributed by atoms with Gasteiger partial charge in [-0.1, -0.05) is 30.9 Å². The minimum Gasteiger partial charge on any atom is -0.507 e. The fraction of sp³-hybridized carbons (Fsp3) is 0.158. The molecule has 0 radical (unpaired) electrons. The van der Waals surface area contributed by atoms with Crippen LogP contribution in [0.2, 0.25) is 0 Å². The van der Waals surface area contributed by atoms with Gasteiger partial charge in [-0.05, 0) is 30.7 Å². The molecule has 0 unspecified atom stereocenters. The number of hydrogen-bond acceptors (Lipinski definition) is 4. The highest BCUT2D eigenvalue weighted by molar-refractivity contribution is 6.08. The van der Waals surface area contributed by atoms with Crippen LogP contribution in [0.3, 0.4) is 0 Å². The van der Waals surface area contributed by atoms with Crippen LogP contribution >= 0.6 is 0 Å². The highest BCUT2D eigenvalue weighted by Crippen LogP contribution is 2.17. The van der Waals surface area contributed by atoms with Crippen LogP contribution in [-0.2, 0) is 7.05 Å². The number of allylic oxidation sites excluding steroid dienone is 1. The van der Waals surface area contributed by atoms with Crippen LogP contribution in [0.15, 0.2) is 53.9 Å². The minimum atomic E-state index is -0.550. The third-order valence-corrected chi connectivity index (χ3v) is 3.55. The van der Waals surface area contributed by atoms with Crippen molar-refractivity contribution < 1.29 is 14.6 Å². The summed E-state index contributed by atoms with van der Waals surface area (Å²) in [5.74, 6) is -0.211. The summed E-state index contributed by atoms with van der Waals surface area (Å²) in [5, 5.41) is 9.91. The molecule has 5 heteroatoms. The Morgan fingerprint density at radius 3 is 2.83 bits per heavy atom. The quantitative estimate of drug-likeness (QED) is 0.504. The van der Waals surface area contributed by atoms with Gasteiger partial charge in [-0.25, -0.2) is 0 Å². The fourth-order valence-corrected chi connectivity index (χ4v) is 2.15. The van der Waals surface area contributed by atoms with E-state index in [1.807, 2.05) is 0 Å². The number of nitrogens with zero attached hydrogens (tertiary/aromatic N) is 1. The van der Waals surface area contributed by atoms with Gasteiger partial charge in [0.05, 0.1) is 0 Å². The fourth-order valence-electron chi connectivity index (χ4n) is 2.15. The van der Waals surface area contributed by atoms with Crippen molar-refractivity contribution in [2.24, 2.45) is 7.05 Å². The Morgan fingerprint density at radius 1 is 1.38 bits per heavy atom. The first-order valence-electron chi connectivity index (χ1n) is 7.39. The zero-order valence-electron chi connectivity index (χ0n) is 13.7. The zero-order valence-corrected chi connectivity index (χ0v) is 13.7. The molecule has 0 saturated heterocycles. The van der Waals surface area contributed by atoms with Crippen LogP contribution in [0.4, 0.5) is 0 Å². The molecule has 5 nitrogen and oxygen atoms in total. The maximum absolute atomic E-state index is 12.3. The van der Waals surface area contributed by atoms with Crippen molar-refractivity contribution in [1.29, 1.82) is 0 Å². The highest BCUT2D eigenvalue weighted by atomic mass is 16.5. The van der Waals surface area contributed by atoms with E-state index in [9.17, 15) is 14.7 Å². The Labute approximate surface area is 140 Å². The first-order valence-corrected chi connectivity index (χ1v) is 7.39. The molecule has 2 rings (SSSR count). The van der Waals surface area contributed by atoms with Crippen molar-refractivity contribution in [3.05, 3.63) is 76.2 Å². The van der Waals surface area contributed by atoms with Gasteiger partial charge in [-0.2, -0.15) is 0 Å². The lowest BCUT2D eigenvalue weighted by Gasteiger charge is -2.07. The van der Waals surface area contributed by atoms with Crippen molar-refractivity contribution in [3.8, 4) is 11.5 Å². The smallest absolute Gasteiger partial charge is 0.265 e. The maximum atomic E-state index is 12.3. The molecule has 1 aromatic carbocycles. The molecule has 0 atom stereocenters. The molecule has 0 amide bonds. The molecule has 0 fully saturated rings. The van der Waals surface area contributed by atoms with Gasteiger partial charge in [-0.15, -0.1) is 0 Å². The van der Waals surface area contributed by atoms with Crippen LogP contribution in [-0.4, -0.2) is 22.1 Å². The van der Waals surface area contributed by atoms with Crippen LogP contribution in [0, 0.1) is 6.92 Å². The van der Waals surface area contributed by atoms with Gasteiger partial charge < -0.3 is 14.4 Å². The van der Waals surface area contributed by atoms with Gasteiger partial charge in [0.2, 0.25) is 0 Å². The average Bonchev–Trinajstić information content (AvgIpc) is 2.56. The summed E-state index contributed by atoms with van der Waals surface area (Å²) >= 11 is 0. The second kappa shape index (κ2) is 7.46. The standard InChI is InChI=1S/C19H19NO4/c1-4-10-24-15-7-5-6-14(12-15)8-9-16(21)18-17(22)11-13(2)20(3)19(18)23/h4-9,11-12,22H,1,10H2,2-3H3/b9-8+. The Hall–Kier alpha value is -3.08. The molecular weight excluding hydrogens is 306 g/mol. The monoisotopic (exact) mass is 325 g/mol. The van der Waals surface area contributed by atoms with Gasteiger partial charge in [0, 0.05) is 18.8 Å². The molecule has 1 heterocycles. The number of ether oxygens (including phenoxy) is 1. The van der Waals surface area contributed by atoms with E-state index in [-0.39, 0.29) is 11.3 Å². The Morgan fingerprint density at radius 2 is 2.12 bits per heavy atom. The second-order valence-corrected chi connectivity index (χ2v) is 5.28. The van der Waals surface area contributed by atoms with Crippen LogP contribution in [0.1, 0.15) is 21.6 Å². The maximum Gasteiger partial charge on any atom is 0.265 e. The van der Waals surface area contributed by atoms with Crippen molar-refractivity contribution in [1.82, 2.24) is 4.57 Å². The summed E-state index contributed by atoms with van der Waals surface area (Å²) in [7, 11) is 1.55. The van der Waals surface area contributed by atoms with E-state index in [0.717, 1.165) is 5.56 Å². The van der Waals surface area contributed by atoms with E-state index in [0.29, 0.717) is 18.1 Å². The SMILES string of the molecule is C=CCOc1cccc(/C=C/C(=O)c2c(O)cc(C)n(C)c2=O)c1. The summed E-state index contributed by atoms with van der Waals surface area (Å²) in [6.45, 7) is 5.65. The first kappa shape index (κ1) is 17.3. The van der Waals surface area contributed by atoms with Gasteiger partial charge >= 0.3 is 0 Å². The van der Waals surface area contributed by atoms with E-state index >= 15 is 0 Å². The summed E-state index contributed by atoms with van der Waals surface area (Å²) in [4.78, 5) is 24.4. The summed E-state index contributed by atoms with van der Waals surface area (Å²) < 4.78 is 6.75. The van der Waals surface area contributed by atoms with Gasteiger partial charge in [0.1, 0.15) is 23.7 Å². The molecule has 0 saturated carbocycles. The third kappa shape index (κ3) is 3.81. The topological polar surface area (TPSA) is 68.5 Å². The summed E-state index contributed by atoms with van der Waals surface area (Å²) in [6, 6.07) is 8.55. The van der Waals surface area contributed by atoms with E-state index in [1.54, 1.807) is 50.4 Å². The number of pyridine rings is 1. The minimum absolute atomic E-state index is 0.238. The predicted molar refractivity (Wildman–Crippen MR) is 93.6 cm³/mol. The van der Waals surface area contributed by atoms with Gasteiger partial charge in [-0.3, -0.25) is 9.59 Å². The molecular formula is C19H19NO4. The van der Waals surface area contributed by atoms with E-state index < -0.39 is 11.3 Å². The van der Waals surface area contributed by atoms with Crippen molar-refractivity contribution >= 4 is 11.9 Å². The largest absolute Gasteiger partial charge is 0.507 e. The highest BCUT2D eigenvalue weighted by Gasteiger charge is 2.16. The number of hydrogen-bond donors (Lipinski definition) is 1. The number of ketones is 1. The number of rotatable bonds is 6. The molecule has 0 spiro atoms. The lowest BCUT2D eigenvalue weighted by Crippen LogP contribution is -2.25. The molecule has 0 aliphatic carbocycles. The van der Waals surface area contributed by atoms with Crippen LogP contribution in [0.5, 0.6) is 11.5 Å². The number of aryl methyl sites for hydroxylation is 1. The van der Waals surface area contributed by atoms with Crippen LogP contribution in [0.25, 0.3) is 6.08 Å². The zero-order chi connectivity index (χ0) is 17.7. The molecule has 124 valence electrons. The summed E-state index contributed by atoms with van der Waals surface area (Å²) in [6.07, 6.45) is 4.47. The van der Waals surface area contributed by atoms with Gasteiger partial charge in [0.25, 0.3) is 5.56 Å². The molecule has 1 N–H and O–H groups in total. The lowest BCUT2D eigenvalue weighted by atomic mass is 10.1. The van der Waals surface area contributed by atoms with Crippen molar-refractivity contribution in [2.45, 2.75) is 6.92 Å². The second-order valence-electron chi connectivity index (χ2n) is 5.28. The molecule has 24 heavy (non-hydrogen) atoms. The Kier molecular flexibility index (Phi) is 5.37. The number of benzene rings is 1. The van der Waals surface area contributed by atoms with E-state index in [2.05, 4.69) is 6.58 Å². The summed E-state index contributed by atoms with van der Waals surface area (Å²) in [5.41, 5.74) is 0.557.